The molecule has 1 N–H and O–H groups in total. The van der Waals surface area contributed by atoms with Crippen molar-refractivity contribution in [1.29, 1.82) is 0 Å². The molecule has 0 unspecified atom stereocenters. The lowest BCUT2D eigenvalue weighted by molar-refractivity contribution is 0.0687. The fraction of sp³-hybridized carbons (Fsp3) is 0.643. The summed E-state index contributed by atoms with van der Waals surface area (Å²) in [6.07, 6.45) is 4.42. The molecule has 1 aromatic rings. The van der Waals surface area contributed by atoms with Crippen molar-refractivity contribution in [3.63, 3.8) is 0 Å². The maximum atomic E-state index is 12.5. The van der Waals surface area contributed by atoms with Gasteiger partial charge >= 0.3 is 0 Å². The molecule has 1 amide bonds. The molecule has 1 aliphatic rings. The second kappa shape index (κ2) is 6.39. The van der Waals surface area contributed by atoms with Gasteiger partial charge in [0.25, 0.3) is 5.91 Å². The lowest BCUT2D eigenvalue weighted by Crippen LogP contribution is -2.42. The number of hydrogen-bond acceptors (Lipinski definition) is 4. The Morgan fingerprint density at radius 2 is 2.11 bits per heavy atom. The van der Waals surface area contributed by atoms with E-state index in [0.717, 1.165) is 25.7 Å². The van der Waals surface area contributed by atoms with Gasteiger partial charge in [-0.3, -0.25) is 4.79 Å². The van der Waals surface area contributed by atoms with E-state index in [9.17, 15) is 4.79 Å². The maximum absolute atomic E-state index is 12.5. The first-order valence-corrected chi connectivity index (χ1v) is 7.61. The zero-order chi connectivity index (χ0) is 13.8. The van der Waals surface area contributed by atoms with Crippen LogP contribution in [0, 0.1) is 0 Å². The number of ether oxygens (including phenoxy) is 1. The van der Waals surface area contributed by atoms with Gasteiger partial charge in [-0.2, -0.15) is 0 Å². The van der Waals surface area contributed by atoms with Crippen molar-refractivity contribution >= 4 is 17.2 Å². The molecule has 1 heterocycles. The maximum Gasteiger partial charge on any atom is 0.267 e. The topological polar surface area (TPSA) is 41.6 Å². The van der Waals surface area contributed by atoms with Crippen LogP contribution in [0.5, 0.6) is 5.75 Å². The van der Waals surface area contributed by atoms with Crippen LogP contribution < -0.4 is 10.1 Å². The largest absolute Gasteiger partial charge is 0.495 e. The molecule has 4 nitrogen and oxygen atoms in total. The molecule has 0 aliphatic heterocycles. The Hall–Kier alpha value is -1.07. The van der Waals surface area contributed by atoms with Crippen LogP contribution in [0.2, 0.25) is 0 Å². The Morgan fingerprint density at radius 1 is 1.42 bits per heavy atom. The standard InChI is InChI=1S/C14H22N2O2S/c1-15-10-4-6-11(7-5-10)16(2)14(17)13-12(18-3)8-9-19-13/h8-11,15H,4-7H2,1-3H3. The molecule has 1 fully saturated rings. The molecule has 0 aromatic carbocycles. The van der Waals surface area contributed by atoms with Crippen molar-refractivity contribution in [2.24, 2.45) is 0 Å². The quantitative estimate of drug-likeness (QED) is 0.922. The Kier molecular flexibility index (Phi) is 4.82. The zero-order valence-corrected chi connectivity index (χ0v) is 12.6. The smallest absolute Gasteiger partial charge is 0.267 e. The first kappa shape index (κ1) is 14.3. The van der Waals surface area contributed by atoms with Gasteiger partial charge in [0.15, 0.2) is 0 Å². The van der Waals surface area contributed by atoms with Crippen molar-refractivity contribution in [3.05, 3.63) is 16.3 Å². The number of carbonyl (C=O) groups excluding carboxylic acids is 1. The molecule has 0 saturated heterocycles. The number of methoxy groups -OCH3 is 1. The minimum atomic E-state index is 0.0831. The SMILES string of the molecule is CNC1CCC(N(C)C(=O)c2sccc2OC)CC1. The molecule has 1 aromatic heterocycles. The second-order valence-electron chi connectivity index (χ2n) is 5.03. The summed E-state index contributed by atoms with van der Waals surface area (Å²) in [5, 5.41) is 5.22. The van der Waals surface area contributed by atoms with Crippen LogP contribution in [0.25, 0.3) is 0 Å². The van der Waals surface area contributed by atoms with E-state index in [1.54, 1.807) is 7.11 Å². The summed E-state index contributed by atoms with van der Waals surface area (Å²) in [7, 11) is 5.53. The van der Waals surface area contributed by atoms with Gasteiger partial charge in [-0.25, -0.2) is 0 Å². The van der Waals surface area contributed by atoms with Crippen LogP contribution in [0.1, 0.15) is 35.4 Å². The molecule has 1 aliphatic carbocycles. The number of amides is 1. The predicted octanol–water partition coefficient (Wildman–Crippen LogP) is 2.36. The summed E-state index contributed by atoms with van der Waals surface area (Å²) in [4.78, 5) is 15.1. The first-order chi connectivity index (χ1) is 9.17. The van der Waals surface area contributed by atoms with E-state index in [2.05, 4.69) is 5.32 Å². The highest BCUT2D eigenvalue weighted by atomic mass is 32.1. The molecule has 0 atom stereocenters. The summed E-state index contributed by atoms with van der Waals surface area (Å²) >= 11 is 1.45. The van der Waals surface area contributed by atoms with Gasteiger partial charge in [-0.05, 0) is 44.2 Å². The van der Waals surface area contributed by atoms with Gasteiger partial charge in [-0.15, -0.1) is 11.3 Å². The van der Waals surface area contributed by atoms with E-state index >= 15 is 0 Å². The van der Waals surface area contributed by atoms with Crippen LogP contribution in [0.4, 0.5) is 0 Å². The number of nitrogens with zero attached hydrogens (tertiary/aromatic N) is 1. The fourth-order valence-corrected chi connectivity index (χ4v) is 3.53. The van der Waals surface area contributed by atoms with Gasteiger partial charge in [0.2, 0.25) is 0 Å². The van der Waals surface area contributed by atoms with E-state index in [1.807, 2.05) is 30.4 Å². The van der Waals surface area contributed by atoms with Gasteiger partial charge < -0.3 is 15.0 Å². The van der Waals surface area contributed by atoms with Crippen molar-refractivity contribution in [2.45, 2.75) is 37.8 Å². The van der Waals surface area contributed by atoms with E-state index in [1.165, 1.54) is 11.3 Å². The van der Waals surface area contributed by atoms with Crippen LogP contribution in [0.15, 0.2) is 11.4 Å². The number of thiophene rings is 1. The summed E-state index contributed by atoms with van der Waals surface area (Å²) in [5.74, 6) is 0.769. The fourth-order valence-electron chi connectivity index (χ4n) is 2.69. The lowest BCUT2D eigenvalue weighted by atomic mass is 9.90. The third-order valence-corrected chi connectivity index (χ3v) is 4.90. The Labute approximate surface area is 118 Å². The molecule has 5 heteroatoms. The van der Waals surface area contributed by atoms with E-state index in [4.69, 9.17) is 4.74 Å². The zero-order valence-electron chi connectivity index (χ0n) is 11.8. The normalized spacial score (nSPS) is 23.1. The molecular formula is C14H22N2O2S. The third-order valence-electron chi connectivity index (χ3n) is 4.02. The Morgan fingerprint density at radius 3 is 2.68 bits per heavy atom. The summed E-state index contributed by atoms with van der Waals surface area (Å²) in [6.45, 7) is 0. The molecule has 0 spiro atoms. The molecule has 0 radical (unpaired) electrons. The second-order valence-corrected chi connectivity index (χ2v) is 5.94. The molecular weight excluding hydrogens is 260 g/mol. The first-order valence-electron chi connectivity index (χ1n) is 6.73. The van der Waals surface area contributed by atoms with Crippen molar-refractivity contribution in [1.82, 2.24) is 10.2 Å². The van der Waals surface area contributed by atoms with Gasteiger partial charge in [0, 0.05) is 19.1 Å². The average molecular weight is 282 g/mol. The summed E-state index contributed by atoms with van der Waals surface area (Å²) in [5.41, 5.74) is 0. The highest BCUT2D eigenvalue weighted by Gasteiger charge is 2.28. The van der Waals surface area contributed by atoms with Gasteiger partial charge in [0.05, 0.1) is 7.11 Å². The molecule has 1 saturated carbocycles. The lowest BCUT2D eigenvalue weighted by Gasteiger charge is -2.34. The molecule has 0 bridgehead atoms. The van der Waals surface area contributed by atoms with Crippen LogP contribution in [-0.2, 0) is 0 Å². The number of rotatable bonds is 4. The number of carbonyl (C=O) groups is 1. The van der Waals surface area contributed by atoms with Crippen LogP contribution in [0.3, 0.4) is 0 Å². The monoisotopic (exact) mass is 282 g/mol. The summed E-state index contributed by atoms with van der Waals surface area (Å²) in [6, 6.07) is 2.81. The number of hydrogen-bond donors (Lipinski definition) is 1. The van der Waals surface area contributed by atoms with Crippen LogP contribution >= 0.6 is 11.3 Å². The molecule has 19 heavy (non-hydrogen) atoms. The Balaban J connectivity index is 2.00. The molecule has 2 rings (SSSR count). The number of nitrogens with one attached hydrogen (secondary N) is 1. The minimum absolute atomic E-state index is 0.0831. The average Bonchev–Trinajstić information content (AvgIpc) is 2.94. The van der Waals surface area contributed by atoms with Crippen molar-refractivity contribution < 1.29 is 9.53 Å². The van der Waals surface area contributed by atoms with Crippen molar-refractivity contribution in [3.8, 4) is 5.75 Å². The van der Waals surface area contributed by atoms with Gasteiger partial charge in [0.1, 0.15) is 10.6 Å². The van der Waals surface area contributed by atoms with E-state index in [0.29, 0.717) is 22.7 Å². The van der Waals surface area contributed by atoms with E-state index in [-0.39, 0.29) is 5.91 Å². The predicted molar refractivity (Wildman–Crippen MR) is 78.1 cm³/mol. The minimum Gasteiger partial charge on any atom is -0.495 e. The molecule has 106 valence electrons. The van der Waals surface area contributed by atoms with E-state index < -0.39 is 0 Å². The summed E-state index contributed by atoms with van der Waals surface area (Å²) < 4.78 is 5.23. The Bertz CT molecular complexity index is 425. The highest BCUT2D eigenvalue weighted by molar-refractivity contribution is 7.12. The highest BCUT2D eigenvalue weighted by Crippen LogP contribution is 2.29. The van der Waals surface area contributed by atoms with Crippen molar-refractivity contribution in [2.75, 3.05) is 21.2 Å². The third kappa shape index (κ3) is 3.09. The van der Waals surface area contributed by atoms with Crippen LogP contribution in [-0.4, -0.2) is 44.1 Å². The van der Waals surface area contributed by atoms with Gasteiger partial charge in [-0.1, -0.05) is 0 Å².